The Morgan fingerprint density at radius 1 is 1.58 bits per heavy atom. The van der Waals surface area contributed by atoms with Crippen LogP contribution in [0.5, 0.6) is 0 Å². The molecular formula is C13H15N3O3. The summed E-state index contributed by atoms with van der Waals surface area (Å²) in [6, 6.07) is 4.33. The summed E-state index contributed by atoms with van der Waals surface area (Å²) in [5.74, 6) is -1.33. The number of nitrogens with zero attached hydrogens (tertiary/aromatic N) is 2. The lowest BCUT2D eigenvalue weighted by Crippen LogP contribution is -2.45. The summed E-state index contributed by atoms with van der Waals surface area (Å²) in [7, 11) is 1.24. The van der Waals surface area contributed by atoms with Crippen LogP contribution in [0, 0.1) is 17.2 Å². The highest BCUT2D eigenvalue weighted by atomic mass is 16.5. The van der Waals surface area contributed by atoms with Crippen molar-refractivity contribution >= 4 is 11.9 Å². The Balaban J connectivity index is 2.81. The van der Waals surface area contributed by atoms with Gasteiger partial charge in [-0.05, 0) is 12.1 Å². The van der Waals surface area contributed by atoms with Crippen LogP contribution in [0.2, 0.25) is 0 Å². The molecule has 1 N–H and O–H groups in total. The van der Waals surface area contributed by atoms with Crippen molar-refractivity contribution in [1.29, 1.82) is 5.26 Å². The SMILES string of the molecule is COC(=O)[C@@H](NC(=O)c1cccnc1)[C@H](C)CC#N. The van der Waals surface area contributed by atoms with Gasteiger partial charge >= 0.3 is 5.97 Å². The number of hydrogen-bond donors (Lipinski definition) is 1. The maximum absolute atomic E-state index is 11.9. The molecule has 0 aliphatic heterocycles. The van der Waals surface area contributed by atoms with Crippen molar-refractivity contribution in [1.82, 2.24) is 10.3 Å². The van der Waals surface area contributed by atoms with Crippen molar-refractivity contribution in [3.63, 3.8) is 0 Å². The van der Waals surface area contributed by atoms with Crippen LogP contribution in [0.25, 0.3) is 0 Å². The number of nitriles is 1. The van der Waals surface area contributed by atoms with Gasteiger partial charge in [-0.2, -0.15) is 5.26 Å². The molecule has 6 heteroatoms. The number of carbonyl (C=O) groups excluding carboxylic acids is 2. The van der Waals surface area contributed by atoms with Gasteiger partial charge < -0.3 is 10.1 Å². The Kier molecular flexibility index (Phi) is 5.48. The van der Waals surface area contributed by atoms with Gasteiger partial charge in [0.25, 0.3) is 5.91 Å². The molecule has 0 saturated carbocycles. The van der Waals surface area contributed by atoms with Crippen molar-refractivity contribution in [2.45, 2.75) is 19.4 Å². The molecule has 0 saturated heterocycles. The molecule has 0 aliphatic carbocycles. The molecule has 0 bridgehead atoms. The minimum atomic E-state index is -0.850. The number of pyridine rings is 1. The zero-order valence-corrected chi connectivity index (χ0v) is 10.8. The van der Waals surface area contributed by atoms with E-state index in [1.807, 2.05) is 6.07 Å². The number of nitrogens with one attached hydrogen (secondary N) is 1. The van der Waals surface area contributed by atoms with Crippen molar-refractivity contribution in [3.8, 4) is 6.07 Å². The summed E-state index contributed by atoms with van der Waals surface area (Å²) in [4.78, 5) is 27.4. The Morgan fingerprint density at radius 3 is 2.84 bits per heavy atom. The van der Waals surface area contributed by atoms with Crippen LogP contribution in [-0.4, -0.2) is 30.0 Å². The molecule has 0 aliphatic rings. The summed E-state index contributed by atoms with van der Waals surface area (Å²) >= 11 is 0. The number of aromatic nitrogens is 1. The van der Waals surface area contributed by atoms with E-state index in [9.17, 15) is 9.59 Å². The average Bonchev–Trinajstić information content (AvgIpc) is 2.44. The van der Waals surface area contributed by atoms with E-state index in [1.54, 1.807) is 25.3 Å². The number of methoxy groups -OCH3 is 1. The predicted octanol–water partition coefficient (Wildman–Crippen LogP) is 0.903. The van der Waals surface area contributed by atoms with E-state index < -0.39 is 17.9 Å². The molecule has 0 spiro atoms. The molecule has 1 aromatic rings. The van der Waals surface area contributed by atoms with E-state index in [0.717, 1.165) is 0 Å². The Morgan fingerprint density at radius 2 is 2.32 bits per heavy atom. The van der Waals surface area contributed by atoms with Crippen molar-refractivity contribution in [3.05, 3.63) is 30.1 Å². The topological polar surface area (TPSA) is 92.1 Å². The molecule has 0 radical (unpaired) electrons. The molecule has 1 heterocycles. The van der Waals surface area contributed by atoms with Crippen molar-refractivity contribution < 1.29 is 14.3 Å². The fourth-order valence-corrected chi connectivity index (χ4v) is 1.54. The van der Waals surface area contributed by atoms with Gasteiger partial charge in [0.15, 0.2) is 0 Å². The lowest BCUT2D eigenvalue weighted by molar-refractivity contribution is -0.144. The van der Waals surface area contributed by atoms with Crippen molar-refractivity contribution in [2.75, 3.05) is 7.11 Å². The van der Waals surface area contributed by atoms with Crippen molar-refractivity contribution in [2.24, 2.45) is 5.92 Å². The highest BCUT2D eigenvalue weighted by Gasteiger charge is 2.27. The first-order valence-corrected chi connectivity index (χ1v) is 5.75. The zero-order valence-electron chi connectivity index (χ0n) is 10.8. The number of carbonyl (C=O) groups is 2. The molecule has 1 rings (SSSR count). The molecule has 2 atom stereocenters. The van der Waals surface area contributed by atoms with Gasteiger partial charge in [0.05, 0.1) is 18.7 Å². The minimum Gasteiger partial charge on any atom is -0.467 e. The van der Waals surface area contributed by atoms with Crippen LogP contribution in [0.3, 0.4) is 0 Å². The van der Waals surface area contributed by atoms with E-state index in [2.05, 4.69) is 15.0 Å². The van der Waals surface area contributed by atoms with Gasteiger partial charge in [-0.3, -0.25) is 9.78 Å². The van der Waals surface area contributed by atoms with Gasteiger partial charge in [-0.25, -0.2) is 4.79 Å². The van der Waals surface area contributed by atoms with Crippen LogP contribution in [0.15, 0.2) is 24.5 Å². The maximum Gasteiger partial charge on any atom is 0.328 e. The Labute approximate surface area is 111 Å². The number of amides is 1. The van der Waals surface area contributed by atoms with Crippen LogP contribution >= 0.6 is 0 Å². The van der Waals surface area contributed by atoms with E-state index in [4.69, 9.17) is 5.26 Å². The third kappa shape index (κ3) is 4.07. The highest BCUT2D eigenvalue weighted by Crippen LogP contribution is 2.10. The van der Waals surface area contributed by atoms with E-state index in [1.165, 1.54) is 13.3 Å². The summed E-state index contributed by atoms with van der Waals surface area (Å²) in [6.07, 6.45) is 3.10. The second kappa shape index (κ2) is 7.11. The predicted molar refractivity (Wildman–Crippen MR) is 66.9 cm³/mol. The van der Waals surface area contributed by atoms with Gasteiger partial charge in [0, 0.05) is 24.7 Å². The van der Waals surface area contributed by atoms with Crippen LogP contribution in [0.4, 0.5) is 0 Å². The first kappa shape index (κ1) is 14.6. The number of esters is 1. The average molecular weight is 261 g/mol. The molecular weight excluding hydrogens is 246 g/mol. The lowest BCUT2D eigenvalue weighted by Gasteiger charge is -2.20. The van der Waals surface area contributed by atoms with Gasteiger partial charge in [0.2, 0.25) is 0 Å². The van der Waals surface area contributed by atoms with Crippen LogP contribution < -0.4 is 5.32 Å². The molecule has 6 nitrogen and oxygen atoms in total. The quantitative estimate of drug-likeness (QED) is 0.795. The molecule has 19 heavy (non-hydrogen) atoms. The van der Waals surface area contributed by atoms with E-state index in [0.29, 0.717) is 5.56 Å². The highest BCUT2D eigenvalue weighted by molar-refractivity contribution is 5.96. The smallest absolute Gasteiger partial charge is 0.328 e. The first-order chi connectivity index (χ1) is 9.10. The molecule has 1 aromatic heterocycles. The zero-order chi connectivity index (χ0) is 14.3. The second-order valence-corrected chi connectivity index (χ2v) is 4.06. The summed E-state index contributed by atoms with van der Waals surface area (Å²) in [6.45, 7) is 1.70. The monoisotopic (exact) mass is 261 g/mol. The largest absolute Gasteiger partial charge is 0.467 e. The summed E-state index contributed by atoms with van der Waals surface area (Å²) in [5, 5.41) is 11.2. The second-order valence-electron chi connectivity index (χ2n) is 4.06. The molecule has 0 aromatic carbocycles. The Bertz CT molecular complexity index is 482. The van der Waals surface area contributed by atoms with Gasteiger partial charge in [0.1, 0.15) is 6.04 Å². The number of ether oxygens (including phenoxy) is 1. The third-order valence-corrected chi connectivity index (χ3v) is 2.65. The number of rotatable bonds is 5. The third-order valence-electron chi connectivity index (χ3n) is 2.65. The maximum atomic E-state index is 11.9. The lowest BCUT2D eigenvalue weighted by atomic mass is 9.98. The van der Waals surface area contributed by atoms with E-state index >= 15 is 0 Å². The van der Waals surface area contributed by atoms with Crippen LogP contribution in [-0.2, 0) is 9.53 Å². The normalized spacial score (nSPS) is 12.9. The fourth-order valence-electron chi connectivity index (χ4n) is 1.54. The standard InChI is InChI=1S/C13H15N3O3/c1-9(5-6-14)11(13(18)19-2)16-12(17)10-4-3-7-15-8-10/h3-4,7-9,11H,5H2,1-2H3,(H,16,17)/t9-,11+/m1/s1. The fraction of sp³-hybridized carbons (Fsp3) is 0.385. The van der Waals surface area contributed by atoms with E-state index in [-0.39, 0.29) is 12.3 Å². The molecule has 0 fully saturated rings. The molecule has 100 valence electrons. The minimum absolute atomic E-state index is 0.146. The summed E-state index contributed by atoms with van der Waals surface area (Å²) in [5.41, 5.74) is 0.348. The first-order valence-electron chi connectivity index (χ1n) is 5.75. The summed E-state index contributed by atoms with van der Waals surface area (Å²) < 4.78 is 4.64. The molecule has 1 amide bonds. The van der Waals surface area contributed by atoms with Gasteiger partial charge in [-0.1, -0.05) is 6.92 Å². The molecule has 0 unspecified atom stereocenters. The van der Waals surface area contributed by atoms with Crippen LogP contribution in [0.1, 0.15) is 23.7 Å². The Hall–Kier alpha value is -2.42. The number of hydrogen-bond acceptors (Lipinski definition) is 5. The van der Waals surface area contributed by atoms with Gasteiger partial charge in [-0.15, -0.1) is 0 Å².